The minimum atomic E-state index is -0.435. The van der Waals surface area contributed by atoms with Crippen molar-refractivity contribution in [2.75, 3.05) is 0 Å². The van der Waals surface area contributed by atoms with Gasteiger partial charge < -0.3 is 5.11 Å². The Hall–Kier alpha value is -0.830. The third-order valence-corrected chi connectivity index (χ3v) is 2.98. The first-order chi connectivity index (χ1) is 6.53. The van der Waals surface area contributed by atoms with E-state index in [0.717, 1.165) is 18.7 Å². The molecule has 0 aliphatic rings. The fourth-order valence-corrected chi connectivity index (χ4v) is 1.43. The van der Waals surface area contributed by atoms with Gasteiger partial charge in [-0.2, -0.15) is 5.10 Å². The van der Waals surface area contributed by atoms with Gasteiger partial charge in [-0.15, -0.1) is 0 Å². The van der Waals surface area contributed by atoms with Gasteiger partial charge in [0.25, 0.3) is 0 Å². The third kappa shape index (κ3) is 1.98. The first-order valence-corrected chi connectivity index (χ1v) is 5.22. The molecule has 0 spiro atoms. The Morgan fingerprint density at radius 3 is 2.64 bits per heavy atom. The van der Waals surface area contributed by atoms with Crippen LogP contribution in [0, 0.1) is 5.41 Å². The Morgan fingerprint density at radius 1 is 1.50 bits per heavy atom. The minimum absolute atomic E-state index is 0.0903. The highest BCUT2D eigenvalue weighted by Crippen LogP contribution is 2.35. The summed E-state index contributed by atoms with van der Waals surface area (Å²) in [6.45, 7) is 9.08. The molecule has 1 aromatic heterocycles. The van der Waals surface area contributed by atoms with Crippen LogP contribution in [0.2, 0.25) is 0 Å². The van der Waals surface area contributed by atoms with Gasteiger partial charge in [0.2, 0.25) is 0 Å². The van der Waals surface area contributed by atoms with Crippen molar-refractivity contribution in [3.63, 3.8) is 0 Å². The largest absolute Gasteiger partial charge is 0.386 e. The van der Waals surface area contributed by atoms with Crippen LogP contribution in [0.3, 0.4) is 0 Å². The van der Waals surface area contributed by atoms with Gasteiger partial charge in [-0.05, 0) is 24.8 Å². The number of aryl methyl sites for hydroxylation is 1. The normalized spacial score (nSPS) is 14.4. The summed E-state index contributed by atoms with van der Waals surface area (Å²) in [7, 11) is 0. The lowest BCUT2D eigenvalue weighted by atomic mass is 9.82. The Kier molecular flexibility index (Phi) is 3.32. The Bertz CT molecular complexity index is 291. The van der Waals surface area contributed by atoms with Gasteiger partial charge in [-0.25, -0.2) is 0 Å². The number of hydrogen-bond acceptors (Lipinski definition) is 2. The lowest BCUT2D eigenvalue weighted by molar-refractivity contribution is 0.0392. The summed E-state index contributed by atoms with van der Waals surface area (Å²) in [4.78, 5) is 0. The fraction of sp³-hybridized carbons (Fsp3) is 0.727. The molecule has 0 fully saturated rings. The SMILES string of the molecule is CCn1nccc1C(O)C(C)(C)CC. The summed E-state index contributed by atoms with van der Waals surface area (Å²) >= 11 is 0. The second-order valence-corrected chi connectivity index (χ2v) is 4.32. The second kappa shape index (κ2) is 4.13. The standard InChI is InChI=1S/C11H20N2O/c1-5-11(3,4)10(14)9-7-8-12-13(9)6-2/h7-8,10,14H,5-6H2,1-4H3. The zero-order valence-corrected chi connectivity index (χ0v) is 9.49. The summed E-state index contributed by atoms with van der Waals surface area (Å²) in [5.74, 6) is 0. The van der Waals surface area contributed by atoms with Crippen molar-refractivity contribution in [2.45, 2.75) is 46.8 Å². The molecule has 1 N–H and O–H groups in total. The maximum Gasteiger partial charge on any atom is 0.101 e. The topological polar surface area (TPSA) is 38.0 Å². The molecule has 14 heavy (non-hydrogen) atoms. The van der Waals surface area contributed by atoms with Gasteiger partial charge in [-0.1, -0.05) is 20.8 Å². The lowest BCUT2D eigenvalue weighted by Gasteiger charge is -2.29. The molecule has 3 heteroatoms. The molecule has 0 saturated carbocycles. The molecule has 0 saturated heterocycles. The van der Waals surface area contributed by atoms with E-state index in [9.17, 15) is 5.11 Å². The molecule has 0 bridgehead atoms. The summed E-state index contributed by atoms with van der Waals surface area (Å²) in [6.07, 6.45) is 2.26. The Labute approximate surface area is 85.8 Å². The van der Waals surface area contributed by atoms with E-state index in [-0.39, 0.29) is 5.41 Å². The molecule has 0 aromatic carbocycles. The van der Waals surface area contributed by atoms with Crippen LogP contribution in [0.4, 0.5) is 0 Å². The quantitative estimate of drug-likeness (QED) is 0.802. The van der Waals surface area contributed by atoms with E-state index in [0.29, 0.717) is 0 Å². The molecule has 80 valence electrons. The van der Waals surface area contributed by atoms with Crippen LogP contribution in [0.5, 0.6) is 0 Å². The molecule has 3 nitrogen and oxygen atoms in total. The van der Waals surface area contributed by atoms with Gasteiger partial charge in [0.1, 0.15) is 6.10 Å². The predicted molar refractivity (Wildman–Crippen MR) is 56.9 cm³/mol. The van der Waals surface area contributed by atoms with Crippen LogP contribution >= 0.6 is 0 Å². The zero-order valence-electron chi connectivity index (χ0n) is 9.49. The van der Waals surface area contributed by atoms with Gasteiger partial charge >= 0.3 is 0 Å². The van der Waals surface area contributed by atoms with Crippen LogP contribution in [0.1, 0.15) is 45.9 Å². The molecule has 1 atom stereocenters. The van der Waals surface area contributed by atoms with E-state index in [4.69, 9.17) is 0 Å². The zero-order chi connectivity index (χ0) is 10.8. The average molecular weight is 196 g/mol. The Morgan fingerprint density at radius 2 is 2.14 bits per heavy atom. The maximum absolute atomic E-state index is 10.2. The first kappa shape index (κ1) is 11.2. The second-order valence-electron chi connectivity index (χ2n) is 4.32. The van der Waals surface area contributed by atoms with Crippen molar-refractivity contribution in [2.24, 2.45) is 5.41 Å². The van der Waals surface area contributed by atoms with Crippen molar-refractivity contribution in [3.05, 3.63) is 18.0 Å². The molecule has 1 rings (SSSR count). The smallest absolute Gasteiger partial charge is 0.101 e. The highest BCUT2D eigenvalue weighted by molar-refractivity contribution is 5.07. The number of rotatable bonds is 4. The summed E-state index contributed by atoms with van der Waals surface area (Å²) < 4.78 is 1.85. The molecular weight excluding hydrogens is 176 g/mol. The molecule has 0 radical (unpaired) electrons. The highest BCUT2D eigenvalue weighted by atomic mass is 16.3. The van der Waals surface area contributed by atoms with Crippen LogP contribution in [0.15, 0.2) is 12.3 Å². The maximum atomic E-state index is 10.2. The van der Waals surface area contributed by atoms with Crippen molar-refractivity contribution < 1.29 is 5.11 Å². The van der Waals surface area contributed by atoms with Gasteiger partial charge in [0, 0.05) is 12.7 Å². The van der Waals surface area contributed by atoms with E-state index < -0.39 is 6.10 Å². The molecule has 0 aliphatic heterocycles. The molecule has 1 aromatic rings. The number of aliphatic hydroxyl groups is 1. The van der Waals surface area contributed by atoms with Gasteiger partial charge in [0.15, 0.2) is 0 Å². The number of aromatic nitrogens is 2. The number of nitrogens with zero attached hydrogens (tertiary/aromatic N) is 2. The van der Waals surface area contributed by atoms with Crippen molar-refractivity contribution >= 4 is 0 Å². The van der Waals surface area contributed by atoms with Crippen LogP contribution < -0.4 is 0 Å². The molecule has 0 amide bonds. The lowest BCUT2D eigenvalue weighted by Crippen LogP contribution is -2.23. The number of aliphatic hydroxyl groups excluding tert-OH is 1. The molecular formula is C11H20N2O. The third-order valence-electron chi connectivity index (χ3n) is 2.98. The van der Waals surface area contributed by atoms with Crippen LogP contribution in [-0.4, -0.2) is 14.9 Å². The van der Waals surface area contributed by atoms with Crippen LogP contribution in [-0.2, 0) is 6.54 Å². The molecule has 0 aliphatic carbocycles. The van der Waals surface area contributed by atoms with E-state index in [2.05, 4.69) is 25.9 Å². The average Bonchev–Trinajstić information content (AvgIpc) is 2.64. The summed E-state index contributed by atoms with van der Waals surface area (Å²) in [5.41, 5.74) is 0.826. The molecule has 1 heterocycles. The molecule has 1 unspecified atom stereocenters. The fourth-order valence-electron chi connectivity index (χ4n) is 1.43. The van der Waals surface area contributed by atoms with Gasteiger partial charge in [0.05, 0.1) is 5.69 Å². The Balaban J connectivity index is 2.94. The highest BCUT2D eigenvalue weighted by Gasteiger charge is 2.29. The van der Waals surface area contributed by atoms with Crippen molar-refractivity contribution in [1.29, 1.82) is 0 Å². The van der Waals surface area contributed by atoms with Crippen LogP contribution in [0.25, 0.3) is 0 Å². The van der Waals surface area contributed by atoms with Gasteiger partial charge in [-0.3, -0.25) is 4.68 Å². The minimum Gasteiger partial charge on any atom is -0.386 e. The van der Waals surface area contributed by atoms with E-state index >= 15 is 0 Å². The van der Waals surface area contributed by atoms with Crippen molar-refractivity contribution in [1.82, 2.24) is 9.78 Å². The summed E-state index contributed by atoms with van der Waals surface area (Å²) in [6, 6.07) is 1.89. The number of hydrogen-bond donors (Lipinski definition) is 1. The first-order valence-electron chi connectivity index (χ1n) is 5.22. The monoisotopic (exact) mass is 196 g/mol. The van der Waals surface area contributed by atoms with Crippen molar-refractivity contribution in [3.8, 4) is 0 Å². The summed E-state index contributed by atoms with van der Waals surface area (Å²) in [5, 5.41) is 14.3. The predicted octanol–water partition coefficient (Wildman–Crippen LogP) is 2.37. The van der Waals surface area contributed by atoms with E-state index in [1.165, 1.54) is 0 Å². The van der Waals surface area contributed by atoms with E-state index in [1.807, 2.05) is 17.7 Å². The van der Waals surface area contributed by atoms with E-state index in [1.54, 1.807) is 6.20 Å².